The van der Waals surface area contributed by atoms with E-state index in [-0.39, 0.29) is 105 Å². The highest BCUT2D eigenvalue weighted by Crippen LogP contribution is 2.33. The molecule has 90 heavy (non-hydrogen) atoms. The van der Waals surface area contributed by atoms with Crippen molar-refractivity contribution in [1.29, 1.82) is 0 Å². The van der Waals surface area contributed by atoms with Gasteiger partial charge in [-0.25, -0.2) is 4.79 Å². The van der Waals surface area contributed by atoms with Crippen molar-refractivity contribution < 1.29 is 67.4 Å². The summed E-state index contributed by atoms with van der Waals surface area (Å²) in [6, 6.07) is 2.46. The van der Waals surface area contributed by atoms with Gasteiger partial charge in [0.05, 0.1) is 25.0 Å². The lowest BCUT2D eigenvalue weighted by molar-refractivity contribution is -0.142. The number of nitrogens with zero attached hydrogens (tertiary/aromatic N) is 2. The summed E-state index contributed by atoms with van der Waals surface area (Å²) < 4.78 is 0. The first-order valence-electron chi connectivity index (χ1n) is 29.3. The Balaban J connectivity index is 1.30. The zero-order valence-corrected chi connectivity index (χ0v) is 51.7. The summed E-state index contributed by atoms with van der Waals surface area (Å²) in [5.74, 6) is -10.4. The number of carbonyl (C=O) groups excluding carboxylic acids is 13. The van der Waals surface area contributed by atoms with Crippen LogP contribution in [0.5, 0.6) is 5.75 Å². The van der Waals surface area contributed by atoms with Gasteiger partial charge in [0.2, 0.25) is 70.9 Å². The van der Waals surface area contributed by atoms with Gasteiger partial charge < -0.3 is 91.8 Å². The Morgan fingerprint density at radius 3 is 2.01 bits per heavy atom. The largest absolute Gasteiger partial charge is 0.508 e. The average molecular weight is 1310 g/mol. The summed E-state index contributed by atoms with van der Waals surface area (Å²) in [7, 11) is 2.08. The number of aliphatic imine (C=N–C) groups is 1. The summed E-state index contributed by atoms with van der Waals surface area (Å²) in [6.45, 7) is -0.883. The van der Waals surface area contributed by atoms with Gasteiger partial charge in [-0.15, -0.1) is 0 Å². The number of amides is 14. The first-order chi connectivity index (χ1) is 42.9. The van der Waals surface area contributed by atoms with E-state index in [0.29, 0.717) is 24.0 Å². The predicted octanol–water partition coefficient (Wildman–Crippen LogP) is -4.52. The number of phenols is 1. The minimum atomic E-state index is -1.86. The van der Waals surface area contributed by atoms with E-state index >= 15 is 4.79 Å². The molecule has 6 rings (SSSR count). The minimum Gasteiger partial charge on any atom is -0.508 e. The van der Waals surface area contributed by atoms with Crippen LogP contribution in [0.25, 0.3) is 0 Å². The summed E-state index contributed by atoms with van der Waals surface area (Å²) in [6.07, 6.45) is -0.578. The van der Waals surface area contributed by atoms with Crippen LogP contribution in [-0.4, -0.2) is 195 Å². The number of rotatable bonds is 25. The highest BCUT2D eigenvalue weighted by molar-refractivity contribution is 8.76. The lowest BCUT2D eigenvalue weighted by Gasteiger charge is -2.30. The molecule has 14 amide bonds. The van der Waals surface area contributed by atoms with Crippen LogP contribution in [-0.2, 0) is 70.4 Å². The lowest BCUT2D eigenvalue weighted by atomic mass is 10.0. The third-order valence-electron chi connectivity index (χ3n) is 15.0. The molecule has 0 saturated carbocycles. The van der Waals surface area contributed by atoms with Gasteiger partial charge in [0.25, 0.3) is 0 Å². The molecule has 2 aromatic rings. The molecule has 2 aromatic carbocycles. The van der Waals surface area contributed by atoms with Crippen LogP contribution >= 0.6 is 33.3 Å². The van der Waals surface area contributed by atoms with Crippen molar-refractivity contribution in [2.24, 2.45) is 33.7 Å². The van der Waals surface area contributed by atoms with Gasteiger partial charge in [0.15, 0.2) is 5.96 Å². The van der Waals surface area contributed by atoms with Crippen LogP contribution in [0.1, 0.15) is 81.8 Å². The molecule has 4 aliphatic rings. The molecular weight excluding hydrogens is 1230 g/mol. The Kier molecular flexibility index (Phi) is 27.5. The number of hydrogen-bond donors (Lipinski definition) is 16. The molecule has 4 heterocycles. The van der Waals surface area contributed by atoms with Crippen LogP contribution < -0.4 is 81.8 Å². The number of guanidine groups is 1. The second-order valence-electron chi connectivity index (χ2n) is 22.0. The smallest absolute Gasteiger partial charge is 0.315 e. The number of aromatic hydroxyl groups is 1. The van der Waals surface area contributed by atoms with E-state index in [1.807, 2.05) is 0 Å². The SMILES string of the molecule is NC(=O)CCC1NC(=O)C(Cc2ccccc2)NC(=O)C(Cc2ccc(O)cc2)NC(=O)CCSSCC(C(=O)N2CC(NC(=O)CCCCC3SCC4NC(=O)NC43)CC2C(=O)NC(CCCN=C(N)N)C(=O)NCC(N)=O)NC(=O)C(CC(N)=O)NC1=O. The molecule has 34 heteroatoms. The highest BCUT2D eigenvalue weighted by Gasteiger charge is 2.45. The Bertz CT molecular complexity index is 2970. The van der Waals surface area contributed by atoms with Crippen molar-refractivity contribution in [3.05, 3.63) is 65.7 Å². The molecule has 4 saturated heterocycles. The van der Waals surface area contributed by atoms with Gasteiger partial charge in [0.1, 0.15) is 48.0 Å². The van der Waals surface area contributed by atoms with Crippen molar-refractivity contribution in [2.75, 3.05) is 36.9 Å². The molecule has 11 unspecified atom stereocenters. The van der Waals surface area contributed by atoms with Crippen LogP contribution in [0, 0.1) is 0 Å². The van der Waals surface area contributed by atoms with E-state index < -0.39 is 145 Å². The van der Waals surface area contributed by atoms with Crippen molar-refractivity contribution in [2.45, 2.75) is 149 Å². The predicted molar refractivity (Wildman–Crippen MR) is 333 cm³/mol. The van der Waals surface area contributed by atoms with E-state index in [2.05, 4.69) is 58.2 Å². The first-order valence-corrected chi connectivity index (χ1v) is 32.8. The topological polar surface area (TPSA) is 508 Å². The van der Waals surface area contributed by atoms with Crippen molar-refractivity contribution in [3.8, 4) is 5.75 Å². The van der Waals surface area contributed by atoms with Gasteiger partial charge in [-0.05, 0) is 61.8 Å². The maximum atomic E-state index is 15.3. The van der Waals surface area contributed by atoms with Gasteiger partial charge in [-0.3, -0.25) is 62.5 Å². The maximum absolute atomic E-state index is 15.3. The summed E-state index contributed by atoms with van der Waals surface area (Å²) in [5.41, 5.74) is 28.5. The van der Waals surface area contributed by atoms with Crippen LogP contribution in [0.3, 0.4) is 0 Å². The van der Waals surface area contributed by atoms with Crippen LogP contribution in [0.4, 0.5) is 4.79 Å². The van der Waals surface area contributed by atoms with E-state index in [1.54, 1.807) is 42.1 Å². The van der Waals surface area contributed by atoms with Crippen molar-refractivity contribution in [3.63, 3.8) is 0 Å². The summed E-state index contributed by atoms with van der Waals surface area (Å²) >= 11 is 1.73. The van der Waals surface area contributed by atoms with Crippen molar-refractivity contribution in [1.82, 2.24) is 58.1 Å². The average Bonchev–Trinajstić information content (AvgIpc) is 1.74. The lowest BCUT2D eigenvalue weighted by Crippen LogP contribution is -2.61. The van der Waals surface area contributed by atoms with Crippen LogP contribution in [0.15, 0.2) is 59.6 Å². The molecule has 490 valence electrons. The molecule has 0 bridgehead atoms. The number of benzene rings is 2. The second kappa shape index (κ2) is 35.0. The molecule has 0 aromatic heterocycles. The number of thioether (sulfide) groups is 1. The fraction of sp³-hybridized carbons (Fsp3) is 0.536. The molecule has 0 spiro atoms. The molecule has 4 aliphatic heterocycles. The Morgan fingerprint density at radius 1 is 0.678 bits per heavy atom. The number of likely N-dealkylation sites (tertiary alicyclic amines) is 1. The zero-order chi connectivity index (χ0) is 65.4. The Hall–Kier alpha value is -8.53. The molecule has 0 radical (unpaired) electrons. The third kappa shape index (κ3) is 22.8. The third-order valence-corrected chi connectivity index (χ3v) is 18.9. The first kappa shape index (κ1) is 70.6. The van der Waals surface area contributed by atoms with E-state index in [4.69, 9.17) is 28.7 Å². The van der Waals surface area contributed by atoms with E-state index in [1.165, 1.54) is 24.3 Å². The number of hydrogen-bond acceptors (Lipinski definition) is 18. The molecule has 4 fully saturated rings. The van der Waals surface area contributed by atoms with Gasteiger partial charge in [-0.1, -0.05) is 70.5 Å². The minimum absolute atomic E-state index is 0.0193. The van der Waals surface area contributed by atoms with Crippen LogP contribution in [0.2, 0.25) is 0 Å². The van der Waals surface area contributed by atoms with Gasteiger partial charge >= 0.3 is 6.03 Å². The highest BCUT2D eigenvalue weighted by atomic mass is 33.1. The number of fused-ring (bicyclic) bond motifs is 1. The van der Waals surface area contributed by atoms with Crippen molar-refractivity contribution >= 4 is 116 Å². The molecule has 11 atom stereocenters. The standard InChI is InChI=1S/C56H79N17O14S3/c57-42(75)17-16-34-49(81)69-37(24-43(58)76)52(84)70-39(28-90-89-20-18-46(79)65-35(22-30-12-14-32(74)15-13-30)50(82)68-36(51(83)66-34)21-29-7-2-1-3-8-29)54(86)73-26-31(64-45(78)11-5-4-10-41-47-38(27-88-41)71-56(87)72-47)23-40(73)53(85)67-33(9-6-19-62-55(60)61)48(80)63-25-44(59)77/h1-3,7-8,12-15,31,33-41,47,74H,4-6,9-11,16-28H2,(H2,57,75)(H2,58,76)(H2,59,77)(H,63,80)(H,64,78)(H,65,79)(H,66,83)(H,67,85)(H,68,82)(H,69,81)(H,70,84)(H4,60,61,62)(H2,71,72,87). The van der Waals surface area contributed by atoms with Gasteiger partial charge in [-0.2, -0.15) is 11.8 Å². The maximum Gasteiger partial charge on any atom is 0.315 e. The fourth-order valence-electron chi connectivity index (χ4n) is 10.5. The number of nitrogens with two attached hydrogens (primary N) is 5. The Labute approximate surface area is 530 Å². The van der Waals surface area contributed by atoms with E-state index in [9.17, 15) is 62.6 Å². The number of urea groups is 1. The molecule has 31 nitrogen and oxygen atoms in total. The van der Waals surface area contributed by atoms with Gasteiger partial charge in [0, 0.05) is 73.7 Å². The monoisotopic (exact) mass is 1310 g/mol. The number of phenolic OH excluding ortho intramolecular Hbond substituents is 1. The number of nitrogens with one attached hydrogen (secondary N) is 10. The summed E-state index contributed by atoms with van der Waals surface area (Å²) in [4.78, 5) is 182. The fourth-order valence-corrected chi connectivity index (χ4v) is 14.2. The van der Waals surface area contributed by atoms with E-state index in [0.717, 1.165) is 38.7 Å². The zero-order valence-electron chi connectivity index (χ0n) is 49.2. The number of unbranched alkanes of at least 4 members (excludes halogenated alkanes) is 1. The number of primary amides is 3. The quantitative estimate of drug-likeness (QED) is 0.0146. The second-order valence-corrected chi connectivity index (χ2v) is 25.9. The molecule has 21 N–H and O–H groups in total. The molecule has 0 aliphatic carbocycles. The Morgan fingerprint density at radius 2 is 1.33 bits per heavy atom. The normalized spacial score (nSPS) is 24.6. The number of carbonyl (C=O) groups is 13. The molecular formula is C56H79N17O14S3. The summed E-state index contributed by atoms with van der Waals surface area (Å²) in [5, 5.41) is 36.8.